The summed E-state index contributed by atoms with van der Waals surface area (Å²) < 4.78 is 38.7. The number of methoxy groups -OCH3 is 1. The fraction of sp³-hybridized carbons (Fsp3) is 0.0952. The quantitative estimate of drug-likeness (QED) is 0.594. The molecule has 0 aromatic heterocycles. The molecule has 0 radical (unpaired) electrons. The average molecular weight is 397 g/mol. The molecule has 0 fully saturated rings. The molecular formula is C21H19NO5S. The number of rotatable bonds is 7. The van der Waals surface area contributed by atoms with Gasteiger partial charge in [0.1, 0.15) is 5.75 Å². The van der Waals surface area contributed by atoms with E-state index in [0.717, 1.165) is 0 Å². The van der Waals surface area contributed by atoms with Crippen LogP contribution in [0.15, 0.2) is 77.7 Å². The Hall–Kier alpha value is -3.32. The van der Waals surface area contributed by atoms with Gasteiger partial charge in [0.05, 0.1) is 12.0 Å². The van der Waals surface area contributed by atoms with Crippen molar-refractivity contribution in [1.82, 2.24) is 0 Å². The standard InChI is InChI=1S/C21H19NO5S/c1-15(23)16-6-5-7-17(14-16)22-28(24,25)19-12-10-18(11-13-19)27-21-9-4-3-8-20(21)26-2/h3-14,22H,1-2H3. The third kappa shape index (κ3) is 4.50. The number of Topliss-reactive ketones (excluding diaryl/α,β-unsaturated/α-hetero) is 1. The van der Waals surface area contributed by atoms with Crippen LogP contribution in [0.4, 0.5) is 5.69 Å². The molecule has 3 rings (SSSR count). The lowest BCUT2D eigenvalue weighted by Crippen LogP contribution is -2.13. The van der Waals surface area contributed by atoms with Crippen LogP contribution in [0.25, 0.3) is 0 Å². The van der Waals surface area contributed by atoms with Gasteiger partial charge in [-0.25, -0.2) is 8.42 Å². The number of hydrogen-bond donors (Lipinski definition) is 1. The molecule has 28 heavy (non-hydrogen) atoms. The molecule has 3 aromatic rings. The van der Waals surface area contributed by atoms with Crippen LogP contribution in [0, 0.1) is 0 Å². The maximum atomic E-state index is 12.6. The maximum absolute atomic E-state index is 12.6. The van der Waals surface area contributed by atoms with Gasteiger partial charge in [0.15, 0.2) is 17.3 Å². The van der Waals surface area contributed by atoms with Gasteiger partial charge in [-0.1, -0.05) is 24.3 Å². The Bertz CT molecular complexity index is 1090. The van der Waals surface area contributed by atoms with Crippen molar-refractivity contribution in [3.63, 3.8) is 0 Å². The molecule has 0 saturated heterocycles. The number of sulfonamides is 1. The van der Waals surface area contributed by atoms with Gasteiger partial charge in [-0.2, -0.15) is 0 Å². The highest BCUT2D eigenvalue weighted by atomic mass is 32.2. The molecule has 0 aliphatic rings. The summed E-state index contributed by atoms with van der Waals surface area (Å²) in [6.07, 6.45) is 0. The van der Waals surface area contributed by atoms with Crippen molar-refractivity contribution in [2.45, 2.75) is 11.8 Å². The largest absolute Gasteiger partial charge is 0.493 e. The molecule has 7 heteroatoms. The van der Waals surface area contributed by atoms with Crippen molar-refractivity contribution < 1.29 is 22.7 Å². The second-order valence-corrected chi connectivity index (χ2v) is 7.65. The van der Waals surface area contributed by atoms with E-state index in [0.29, 0.717) is 28.5 Å². The lowest BCUT2D eigenvalue weighted by atomic mass is 10.1. The van der Waals surface area contributed by atoms with Crippen LogP contribution in [-0.2, 0) is 10.0 Å². The molecule has 0 atom stereocenters. The highest BCUT2D eigenvalue weighted by molar-refractivity contribution is 7.92. The predicted molar refractivity (Wildman–Crippen MR) is 107 cm³/mol. The van der Waals surface area contributed by atoms with Crippen LogP contribution in [0.1, 0.15) is 17.3 Å². The Labute approximate surface area is 163 Å². The zero-order valence-electron chi connectivity index (χ0n) is 15.4. The van der Waals surface area contributed by atoms with E-state index in [9.17, 15) is 13.2 Å². The summed E-state index contributed by atoms with van der Waals surface area (Å²) in [6, 6.07) is 19.5. The summed E-state index contributed by atoms with van der Waals surface area (Å²) in [5.74, 6) is 1.44. The monoisotopic (exact) mass is 397 g/mol. The number of hydrogen-bond acceptors (Lipinski definition) is 5. The molecule has 1 N–H and O–H groups in total. The summed E-state index contributed by atoms with van der Waals surface area (Å²) in [7, 11) is -2.25. The van der Waals surface area contributed by atoms with Crippen molar-refractivity contribution >= 4 is 21.5 Å². The Kier molecular flexibility index (Phi) is 5.65. The first-order valence-electron chi connectivity index (χ1n) is 8.44. The molecule has 0 aliphatic heterocycles. The second kappa shape index (κ2) is 8.14. The fourth-order valence-electron chi connectivity index (χ4n) is 2.53. The van der Waals surface area contributed by atoms with Gasteiger partial charge in [0, 0.05) is 11.3 Å². The third-order valence-corrected chi connectivity index (χ3v) is 5.35. The molecule has 0 heterocycles. The van der Waals surface area contributed by atoms with E-state index in [1.807, 2.05) is 12.1 Å². The molecule has 6 nitrogen and oxygen atoms in total. The number of benzene rings is 3. The molecular weight excluding hydrogens is 378 g/mol. The molecule has 0 aliphatic carbocycles. The lowest BCUT2D eigenvalue weighted by molar-refractivity contribution is 0.101. The van der Waals surface area contributed by atoms with Gasteiger partial charge in [0.2, 0.25) is 0 Å². The smallest absolute Gasteiger partial charge is 0.261 e. The third-order valence-electron chi connectivity index (χ3n) is 3.95. The first-order valence-corrected chi connectivity index (χ1v) is 9.92. The molecule has 0 saturated carbocycles. The van der Waals surface area contributed by atoms with Crippen LogP contribution >= 0.6 is 0 Å². The van der Waals surface area contributed by atoms with Gasteiger partial charge in [0.25, 0.3) is 10.0 Å². The molecule has 144 valence electrons. The topological polar surface area (TPSA) is 81.7 Å². The van der Waals surface area contributed by atoms with Crippen LogP contribution < -0.4 is 14.2 Å². The van der Waals surface area contributed by atoms with Gasteiger partial charge in [-0.05, 0) is 55.5 Å². The number of para-hydroxylation sites is 2. The average Bonchev–Trinajstić information content (AvgIpc) is 2.68. The number of carbonyl (C=O) groups is 1. The van der Waals surface area contributed by atoms with Crippen molar-refractivity contribution in [2.75, 3.05) is 11.8 Å². The highest BCUT2D eigenvalue weighted by Gasteiger charge is 2.15. The van der Waals surface area contributed by atoms with E-state index in [-0.39, 0.29) is 10.7 Å². The minimum atomic E-state index is -3.80. The minimum absolute atomic E-state index is 0.0769. The van der Waals surface area contributed by atoms with E-state index in [1.165, 1.54) is 25.1 Å². The lowest BCUT2D eigenvalue weighted by Gasteiger charge is -2.11. The molecule has 0 spiro atoms. The Morgan fingerprint density at radius 3 is 2.21 bits per heavy atom. The normalized spacial score (nSPS) is 10.9. The second-order valence-electron chi connectivity index (χ2n) is 5.97. The molecule has 0 unspecified atom stereocenters. The molecule has 0 amide bonds. The van der Waals surface area contributed by atoms with Gasteiger partial charge >= 0.3 is 0 Å². The number of anilines is 1. The number of ether oxygens (including phenoxy) is 2. The van der Waals surface area contributed by atoms with Crippen LogP contribution in [0.2, 0.25) is 0 Å². The van der Waals surface area contributed by atoms with Crippen LogP contribution in [0.3, 0.4) is 0 Å². The summed E-state index contributed by atoms with van der Waals surface area (Å²) in [5.41, 5.74) is 0.753. The summed E-state index contributed by atoms with van der Waals surface area (Å²) in [4.78, 5) is 11.5. The molecule has 3 aromatic carbocycles. The molecule has 0 bridgehead atoms. The van der Waals surface area contributed by atoms with Gasteiger partial charge < -0.3 is 9.47 Å². The van der Waals surface area contributed by atoms with Gasteiger partial charge in [-0.3, -0.25) is 9.52 Å². The van der Waals surface area contributed by atoms with Crippen molar-refractivity contribution in [1.29, 1.82) is 0 Å². The SMILES string of the molecule is COc1ccccc1Oc1ccc(S(=O)(=O)Nc2cccc(C(C)=O)c2)cc1. The van der Waals surface area contributed by atoms with E-state index in [1.54, 1.807) is 49.6 Å². The minimum Gasteiger partial charge on any atom is -0.493 e. The van der Waals surface area contributed by atoms with E-state index in [4.69, 9.17) is 9.47 Å². The number of ketones is 1. The highest BCUT2D eigenvalue weighted by Crippen LogP contribution is 2.31. The van der Waals surface area contributed by atoms with Crippen LogP contribution in [-0.4, -0.2) is 21.3 Å². The van der Waals surface area contributed by atoms with Crippen molar-refractivity contribution in [3.05, 3.63) is 78.4 Å². The first kappa shape index (κ1) is 19.4. The summed E-state index contributed by atoms with van der Waals surface area (Å²) in [5, 5.41) is 0. The van der Waals surface area contributed by atoms with Gasteiger partial charge in [-0.15, -0.1) is 0 Å². The van der Waals surface area contributed by atoms with Crippen molar-refractivity contribution in [2.24, 2.45) is 0 Å². The Morgan fingerprint density at radius 1 is 0.893 bits per heavy atom. The Balaban J connectivity index is 1.78. The first-order chi connectivity index (χ1) is 13.4. The fourth-order valence-corrected chi connectivity index (χ4v) is 3.58. The maximum Gasteiger partial charge on any atom is 0.261 e. The predicted octanol–water partition coefficient (Wildman–Crippen LogP) is 4.49. The van der Waals surface area contributed by atoms with Crippen LogP contribution in [0.5, 0.6) is 17.2 Å². The Morgan fingerprint density at radius 2 is 1.57 bits per heavy atom. The number of carbonyl (C=O) groups excluding carboxylic acids is 1. The van der Waals surface area contributed by atoms with E-state index < -0.39 is 10.0 Å². The zero-order chi connectivity index (χ0) is 20.1. The van der Waals surface area contributed by atoms with Crippen molar-refractivity contribution in [3.8, 4) is 17.2 Å². The van der Waals surface area contributed by atoms with E-state index >= 15 is 0 Å². The zero-order valence-corrected chi connectivity index (χ0v) is 16.2. The number of nitrogens with one attached hydrogen (secondary N) is 1. The summed E-state index contributed by atoms with van der Waals surface area (Å²) >= 11 is 0. The van der Waals surface area contributed by atoms with E-state index in [2.05, 4.69) is 4.72 Å². The summed E-state index contributed by atoms with van der Waals surface area (Å²) in [6.45, 7) is 1.42.